The molecule has 0 atom stereocenters. The van der Waals surface area contributed by atoms with Gasteiger partial charge in [0.05, 0.1) is 15.9 Å². The van der Waals surface area contributed by atoms with Gasteiger partial charge in [-0.15, -0.1) is 0 Å². The first-order valence-corrected chi connectivity index (χ1v) is 11.7. The van der Waals surface area contributed by atoms with Gasteiger partial charge in [-0.25, -0.2) is 13.4 Å². The molecular weight excluding hydrogens is 382 g/mol. The van der Waals surface area contributed by atoms with Gasteiger partial charge < -0.3 is 4.98 Å². The van der Waals surface area contributed by atoms with E-state index in [9.17, 15) is 8.42 Å². The molecule has 0 unspecified atom stereocenters. The molecule has 6 heteroatoms. The van der Waals surface area contributed by atoms with Crippen LogP contribution in [-0.4, -0.2) is 35.8 Å². The van der Waals surface area contributed by atoms with E-state index in [-0.39, 0.29) is 5.92 Å². The van der Waals surface area contributed by atoms with Crippen molar-refractivity contribution in [2.45, 2.75) is 58.3 Å². The molecule has 1 aliphatic heterocycles. The molecule has 1 fully saturated rings. The maximum atomic E-state index is 13.5. The summed E-state index contributed by atoms with van der Waals surface area (Å²) in [5, 5.41) is 0. The number of sulfonamides is 1. The normalized spacial score (nSPS) is 16.6. The molecule has 2 heterocycles. The van der Waals surface area contributed by atoms with Crippen LogP contribution in [0.5, 0.6) is 0 Å². The predicted octanol–water partition coefficient (Wildman–Crippen LogP) is 4.67. The third-order valence-electron chi connectivity index (χ3n) is 6.78. The molecular formula is C23H29N3O2S. The van der Waals surface area contributed by atoms with Gasteiger partial charge in [-0.05, 0) is 87.4 Å². The number of fused-ring (bicyclic) bond motifs is 1. The summed E-state index contributed by atoms with van der Waals surface area (Å²) in [6.45, 7) is 11.0. The van der Waals surface area contributed by atoms with Gasteiger partial charge in [0.25, 0.3) is 0 Å². The summed E-state index contributed by atoms with van der Waals surface area (Å²) in [5.74, 6) is 1.23. The molecule has 0 amide bonds. The van der Waals surface area contributed by atoms with Gasteiger partial charge >= 0.3 is 0 Å². The average molecular weight is 412 g/mol. The van der Waals surface area contributed by atoms with E-state index >= 15 is 0 Å². The molecule has 0 aliphatic carbocycles. The highest BCUT2D eigenvalue weighted by molar-refractivity contribution is 7.89. The van der Waals surface area contributed by atoms with Gasteiger partial charge in [0.15, 0.2) is 0 Å². The highest BCUT2D eigenvalue weighted by Crippen LogP contribution is 2.35. The van der Waals surface area contributed by atoms with E-state index in [0.29, 0.717) is 18.0 Å². The zero-order valence-corrected chi connectivity index (χ0v) is 18.7. The maximum Gasteiger partial charge on any atom is 0.243 e. The fraction of sp³-hybridized carbons (Fsp3) is 0.435. The fourth-order valence-corrected chi connectivity index (χ4v) is 6.55. The first-order chi connectivity index (χ1) is 13.7. The lowest BCUT2D eigenvalue weighted by atomic mass is 9.95. The number of nitrogens with one attached hydrogen (secondary N) is 1. The first kappa shape index (κ1) is 20.1. The monoisotopic (exact) mass is 411 g/mol. The average Bonchev–Trinajstić information content (AvgIpc) is 3.15. The summed E-state index contributed by atoms with van der Waals surface area (Å²) >= 11 is 0. The molecule has 0 bridgehead atoms. The Hall–Kier alpha value is -2.18. The molecule has 1 aliphatic rings. The minimum atomic E-state index is -3.51. The smallest absolute Gasteiger partial charge is 0.243 e. The van der Waals surface area contributed by atoms with Crippen LogP contribution in [0.2, 0.25) is 0 Å². The number of hydrogen-bond acceptors (Lipinski definition) is 3. The predicted molar refractivity (Wildman–Crippen MR) is 117 cm³/mol. The third-order valence-corrected chi connectivity index (χ3v) is 8.95. The summed E-state index contributed by atoms with van der Waals surface area (Å²) < 4.78 is 28.7. The highest BCUT2D eigenvalue weighted by atomic mass is 32.2. The first-order valence-electron chi connectivity index (χ1n) is 10.2. The molecule has 2 aromatic carbocycles. The lowest BCUT2D eigenvalue weighted by molar-refractivity contribution is 0.314. The van der Waals surface area contributed by atoms with Gasteiger partial charge in [-0.3, -0.25) is 0 Å². The van der Waals surface area contributed by atoms with E-state index in [1.807, 2.05) is 52.0 Å². The standard InChI is InChI=1S/C23H29N3O2S/c1-14-15(2)17(4)22(18(5)16(14)3)29(27,28)26-12-10-19(11-13-26)23-24-20-8-6-7-9-21(20)25-23/h6-9,19H,10-13H2,1-5H3,(H,24,25). The van der Waals surface area contributed by atoms with Crippen LogP contribution in [0, 0.1) is 34.6 Å². The largest absolute Gasteiger partial charge is 0.342 e. The van der Waals surface area contributed by atoms with E-state index < -0.39 is 10.0 Å². The second-order valence-corrected chi connectivity index (χ2v) is 10.1. The topological polar surface area (TPSA) is 66.1 Å². The third kappa shape index (κ3) is 3.28. The zero-order chi connectivity index (χ0) is 20.9. The van der Waals surface area contributed by atoms with E-state index in [1.165, 1.54) is 5.56 Å². The van der Waals surface area contributed by atoms with Crippen molar-refractivity contribution in [3.8, 4) is 0 Å². The van der Waals surface area contributed by atoms with Gasteiger partial charge in [0, 0.05) is 19.0 Å². The Morgan fingerprint density at radius 1 is 0.897 bits per heavy atom. The second-order valence-electron chi connectivity index (χ2n) is 8.27. The minimum absolute atomic E-state index is 0.262. The Labute approximate surface area is 173 Å². The summed E-state index contributed by atoms with van der Waals surface area (Å²) in [4.78, 5) is 8.63. The number of aromatic nitrogens is 2. The second kappa shape index (κ2) is 7.26. The van der Waals surface area contributed by atoms with Gasteiger partial charge in [-0.1, -0.05) is 12.1 Å². The van der Waals surface area contributed by atoms with Crippen molar-refractivity contribution in [2.24, 2.45) is 0 Å². The van der Waals surface area contributed by atoms with Crippen molar-refractivity contribution in [3.05, 3.63) is 57.9 Å². The number of hydrogen-bond donors (Lipinski definition) is 1. The minimum Gasteiger partial charge on any atom is -0.342 e. The molecule has 29 heavy (non-hydrogen) atoms. The van der Waals surface area contributed by atoms with E-state index in [1.54, 1.807) is 4.31 Å². The number of imidazole rings is 1. The number of nitrogens with zero attached hydrogens (tertiary/aromatic N) is 2. The molecule has 0 spiro atoms. The molecule has 1 aromatic heterocycles. The molecule has 4 rings (SSSR count). The van der Waals surface area contributed by atoms with Crippen LogP contribution < -0.4 is 0 Å². The fourth-order valence-electron chi connectivity index (χ4n) is 4.52. The summed E-state index contributed by atoms with van der Waals surface area (Å²) in [7, 11) is -3.51. The Bertz CT molecular complexity index is 1120. The molecule has 0 radical (unpaired) electrons. The SMILES string of the molecule is Cc1c(C)c(C)c(S(=O)(=O)N2CCC(c3nc4ccccc4[nH]3)CC2)c(C)c1C. The van der Waals surface area contributed by atoms with Crippen molar-refractivity contribution in [3.63, 3.8) is 0 Å². The van der Waals surface area contributed by atoms with Crippen LogP contribution in [0.4, 0.5) is 0 Å². The molecule has 1 saturated heterocycles. The van der Waals surface area contributed by atoms with Crippen molar-refractivity contribution in [2.75, 3.05) is 13.1 Å². The Kier molecular flexibility index (Phi) is 5.03. The van der Waals surface area contributed by atoms with Gasteiger partial charge in [0.2, 0.25) is 10.0 Å². The lowest BCUT2D eigenvalue weighted by Gasteiger charge is -2.32. The van der Waals surface area contributed by atoms with Crippen molar-refractivity contribution in [1.82, 2.24) is 14.3 Å². The summed E-state index contributed by atoms with van der Waals surface area (Å²) in [5.41, 5.74) is 7.09. The Balaban J connectivity index is 1.60. The molecule has 1 N–H and O–H groups in total. The van der Waals surface area contributed by atoms with Gasteiger partial charge in [-0.2, -0.15) is 4.31 Å². The van der Waals surface area contributed by atoms with Crippen LogP contribution in [0.25, 0.3) is 11.0 Å². The number of aromatic amines is 1. The number of rotatable bonds is 3. The number of H-pyrrole nitrogens is 1. The Morgan fingerprint density at radius 2 is 1.45 bits per heavy atom. The van der Waals surface area contributed by atoms with Crippen molar-refractivity contribution >= 4 is 21.1 Å². The quantitative estimate of drug-likeness (QED) is 0.681. The van der Waals surface area contributed by atoms with Gasteiger partial charge in [0.1, 0.15) is 5.82 Å². The van der Waals surface area contributed by atoms with E-state index in [0.717, 1.165) is 52.0 Å². The highest BCUT2D eigenvalue weighted by Gasteiger charge is 2.34. The summed E-state index contributed by atoms with van der Waals surface area (Å²) in [6.07, 6.45) is 1.56. The van der Waals surface area contributed by atoms with Crippen LogP contribution in [0.3, 0.4) is 0 Å². The van der Waals surface area contributed by atoms with Crippen LogP contribution >= 0.6 is 0 Å². The molecule has 154 valence electrons. The Morgan fingerprint density at radius 3 is 2.03 bits per heavy atom. The van der Waals surface area contributed by atoms with Crippen LogP contribution in [0.15, 0.2) is 29.2 Å². The number of piperidine rings is 1. The zero-order valence-electron chi connectivity index (χ0n) is 17.8. The van der Waals surface area contributed by atoms with E-state index in [4.69, 9.17) is 4.98 Å². The van der Waals surface area contributed by atoms with Crippen molar-refractivity contribution < 1.29 is 8.42 Å². The van der Waals surface area contributed by atoms with Crippen LogP contribution in [-0.2, 0) is 10.0 Å². The molecule has 5 nitrogen and oxygen atoms in total. The molecule has 0 saturated carbocycles. The lowest BCUT2D eigenvalue weighted by Crippen LogP contribution is -2.38. The number of para-hydroxylation sites is 2. The number of benzene rings is 2. The van der Waals surface area contributed by atoms with Crippen LogP contribution in [0.1, 0.15) is 52.4 Å². The molecule has 3 aromatic rings. The van der Waals surface area contributed by atoms with E-state index in [2.05, 4.69) is 11.9 Å². The summed E-state index contributed by atoms with van der Waals surface area (Å²) in [6, 6.07) is 8.01. The van der Waals surface area contributed by atoms with Crippen molar-refractivity contribution in [1.29, 1.82) is 0 Å². The maximum absolute atomic E-state index is 13.5.